The van der Waals surface area contributed by atoms with Crippen molar-refractivity contribution >= 4 is 24.5 Å². The third-order valence-corrected chi connectivity index (χ3v) is 3.05. The van der Waals surface area contributed by atoms with Crippen LogP contribution in [0.3, 0.4) is 0 Å². The maximum atomic E-state index is 11.6. The van der Waals surface area contributed by atoms with Crippen molar-refractivity contribution in [2.24, 2.45) is 0 Å². The smallest absolute Gasteiger partial charge is 0.338 e. The molecule has 0 aromatic rings. The van der Waals surface area contributed by atoms with Gasteiger partial charge in [-0.1, -0.05) is 0 Å². The van der Waals surface area contributed by atoms with Crippen LogP contribution >= 0.6 is 0 Å². The van der Waals surface area contributed by atoms with Crippen LogP contribution in [0.4, 0.5) is 0 Å². The molecule has 0 heterocycles. The molecule has 0 fully saturated rings. The monoisotopic (exact) mass is 370 g/mol. The predicted octanol–water partition coefficient (Wildman–Crippen LogP) is -6.09. The third-order valence-electron chi connectivity index (χ3n) is 3.05. The molecule has 25 heavy (non-hydrogen) atoms. The Kier molecular flexibility index (Phi) is 9.29. The molecule has 144 valence electrons. The van der Waals surface area contributed by atoms with E-state index in [1.165, 1.54) is 0 Å². The summed E-state index contributed by atoms with van der Waals surface area (Å²) in [6, 6.07) is 0. The van der Waals surface area contributed by atoms with Crippen molar-refractivity contribution < 1.29 is 64.8 Å². The standard InChI is InChI=1S/C12H18O13/c13-1-3(15)5(16)7(18)10(21)12(24)25-4(2-14)6(17)8(19)9(20)11(22)23/h1-10,15-21H,(H,22,23)/t3-,4-,5+,6+,7+,8+,9-,10-/m0/s1. The summed E-state index contributed by atoms with van der Waals surface area (Å²) >= 11 is 0. The van der Waals surface area contributed by atoms with Crippen LogP contribution in [0.1, 0.15) is 0 Å². The molecule has 0 rings (SSSR count). The van der Waals surface area contributed by atoms with Gasteiger partial charge < -0.3 is 50.4 Å². The second-order valence-electron chi connectivity index (χ2n) is 4.85. The second kappa shape index (κ2) is 10.1. The van der Waals surface area contributed by atoms with Crippen molar-refractivity contribution in [3.8, 4) is 0 Å². The molecule has 8 N–H and O–H groups in total. The molecule has 0 aromatic carbocycles. The highest BCUT2D eigenvalue weighted by atomic mass is 16.6. The molecule has 0 aliphatic heterocycles. The summed E-state index contributed by atoms with van der Waals surface area (Å²) in [6.45, 7) is 0. The summed E-state index contributed by atoms with van der Waals surface area (Å²) in [6.07, 6.45) is -19.6. The average Bonchev–Trinajstić information content (AvgIpc) is 2.60. The molecule has 13 heteroatoms. The van der Waals surface area contributed by atoms with Gasteiger partial charge in [0.2, 0.25) is 0 Å². The van der Waals surface area contributed by atoms with E-state index in [-0.39, 0.29) is 12.6 Å². The number of aldehydes is 2. The molecule has 0 aliphatic carbocycles. The molecule has 0 unspecified atom stereocenters. The zero-order valence-corrected chi connectivity index (χ0v) is 12.4. The first kappa shape index (κ1) is 23.0. The molecule has 0 saturated heterocycles. The van der Waals surface area contributed by atoms with Crippen LogP contribution in [0.15, 0.2) is 0 Å². The molecule has 0 saturated carbocycles. The van der Waals surface area contributed by atoms with Crippen molar-refractivity contribution in [1.29, 1.82) is 0 Å². The van der Waals surface area contributed by atoms with Gasteiger partial charge in [-0.25, -0.2) is 9.59 Å². The van der Waals surface area contributed by atoms with Crippen LogP contribution in [0, 0.1) is 0 Å². The number of carboxylic acid groups (broad SMARTS) is 1. The lowest BCUT2D eigenvalue weighted by Crippen LogP contribution is -2.52. The summed E-state index contributed by atoms with van der Waals surface area (Å²) < 4.78 is 4.25. The van der Waals surface area contributed by atoms with E-state index < -0.39 is 60.8 Å². The Balaban J connectivity index is 5.01. The zero-order valence-electron chi connectivity index (χ0n) is 12.4. The lowest BCUT2D eigenvalue weighted by Gasteiger charge is -2.27. The van der Waals surface area contributed by atoms with Gasteiger partial charge in [0.25, 0.3) is 0 Å². The molecule has 0 amide bonds. The summed E-state index contributed by atoms with van der Waals surface area (Å²) in [5, 5.41) is 73.5. The largest absolute Gasteiger partial charge is 0.479 e. The van der Waals surface area contributed by atoms with Crippen molar-refractivity contribution in [2.45, 2.75) is 48.8 Å². The number of carbonyl (C=O) groups is 4. The highest BCUT2D eigenvalue weighted by molar-refractivity contribution is 5.78. The van der Waals surface area contributed by atoms with Gasteiger partial charge >= 0.3 is 11.9 Å². The van der Waals surface area contributed by atoms with E-state index in [0.29, 0.717) is 0 Å². The minimum absolute atomic E-state index is 0.201. The molecule has 8 atom stereocenters. The van der Waals surface area contributed by atoms with Crippen molar-refractivity contribution in [2.75, 3.05) is 0 Å². The predicted molar refractivity (Wildman–Crippen MR) is 71.7 cm³/mol. The highest BCUT2D eigenvalue weighted by Crippen LogP contribution is 2.11. The lowest BCUT2D eigenvalue weighted by molar-refractivity contribution is -0.187. The van der Waals surface area contributed by atoms with E-state index in [1.54, 1.807) is 0 Å². The normalized spacial score (nSPS) is 20.9. The van der Waals surface area contributed by atoms with Crippen LogP contribution in [0.2, 0.25) is 0 Å². The SMILES string of the molecule is O=C[C@H](OC(=O)[C@@H](O)[C@H](O)[C@H](O)[C@@H](O)C=O)[C@@H](O)[C@@H](O)[C@H](O)C(=O)O. The van der Waals surface area contributed by atoms with Crippen LogP contribution in [-0.4, -0.2) is 114 Å². The van der Waals surface area contributed by atoms with Crippen molar-refractivity contribution in [1.82, 2.24) is 0 Å². The summed E-state index contributed by atoms with van der Waals surface area (Å²) in [4.78, 5) is 43.1. The number of aliphatic hydroxyl groups excluding tert-OH is 7. The number of esters is 1. The first-order chi connectivity index (χ1) is 11.5. The first-order valence-corrected chi connectivity index (χ1v) is 6.59. The number of rotatable bonds is 11. The van der Waals surface area contributed by atoms with Gasteiger partial charge in [0.05, 0.1) is 0 Å². The second-order valence-corrected chi connectivity index (χ2v) is 4.85. The number of hydrogen-bond donors (Lipinski definition) is 8. The summed E-state index contributed by atoms with van der Waals surface area (Å²) in [5.41, 5.74) is 0. The summed E-state index contributed by atoms with van der Waals surface area (Å²) in [5.74, 6) is -3.78. The lowest BCUT2D eigenvalue weighted by atomic mass is 10.0. The minimum Gasteiger partial charge on any atom is -0.479 e. The van der Waals surface area contributed by atoms with Gasteiger partial charge in [-0.15, -0.1) is 0 Å². The quantitative estimate of drug-likeness (QED) is 0.125. The fraction of sp³-hybridized carbons (Fsp3) is 0.667. The van der Waals surface area contributed by atoms with E-state index in [4.69, 9.17) is 15.3 Å². The number of ether oxygens (including phenoxy) is 1. The molecule has 13 nitrogen and oxygen atoms in total. The summed E-state index contributed by atoms with van der Waals surface area (Å²) in [7, 11) is 0. The van der Waals surface area contributed by atoms with Crippen LogP contribution in [-0.2, 0) is 23.9 Å². The fourth-order valence-corrected chi connectivity index (χ4v) is 1.52. The van der Waals surface area contributed by atoms with Gasteiger partial charge in [0, 0.05) is 0 Å². The van der Waals surface area contributed by atoms with Crippen LogP contribution < -0.4 is 0 Å². The number of carbonyl (C=O) groups excluding carboxylic acids is 3. The molecule has 0 aromatic heterocycles. The number of carboxylic acids is 1. The van der Waals surface area contributed by atoms with E-state index >= 15 is 0 Å². The first-order valence-electron chi connectivity index (χ1n) is 6.59. The molecule has 0 spiro atoms. The van der Waals surface area contributed by atoms with E-state index in [0.717, 1.165) is 0 Å². The molecule has 0 bridgehead atoms. The fourth-order valence-electron chi connectivity index (χ4n) is 1.52. The maximum absolute atomic E-state index is 11.6. The Hall–Kier alpha value is -2.00. The molecule has 0 aliphatic rings. The number of hydrogen-bond acceptors (Lipinski definition) is 12. The third kappa shape index (κ3) is 6.09. The van der Waals surface area contributed by atoms with Gasteiger partial charge in [-0.2, -0.15) is 0 Å². The Bertz CT molecular complexity index is 480. The Morgan fingerprint density at radius 1 is 0.720 bits per heavy atom. The minimum atomic E-state index is -2.58. The molecular formula is C12H18O13. The van der Waals surface area contributed by atoms with E-state index in [9.17, 15) is 44.7 Å². The Morgan fingerprint density at radius 2 is 1.20 bits per heavy atom. The average molecular weight is 370 g/mol. The van der Waals surface area contributed by atoms with Gasteiger partial charge in [-0.3, -0.25) is 4.79 Å². The topological polar surface area (TPSA) is 239 Å². The van der Waals surface area contributed by atoms with Crippen LogP contribution in [0.5, 0.6) is 0 Å². The van der Waals surface area contributed by atoms with Crippen molar-refractivity contribution in [3.63, 3.8) is 0 Å². The Labute approximate surface area is 139 Å². The van der Waals surface area contributed by atoms with Crippen LogP contribution in [0.25, 0.3) is 0 Å². The molecular weight excluding hydrogens is 352 g/mol. The van der Waals surface area contributed by atoms with E-state index in [2.05, 4.69) is 4.74 Å². The highest BCUT2D eigenvalue weighted by Gasteiger charge is 2.40. The number of aliphatic hydroxyl groups is 7. The van der Waals surface area contributed by atoms with Gasteiger partial charge in [-0.05, 0) is 0 Å². The van der Waals surface area contributed by atoms with E-state index in [1.807, 2.05) is 0 Å². The van der Waals surface area contributed by atoms with Gasteiger partial charge in [0.15, 0.2) is 30.9 Å². The maximum Gasteiger partial charge on any atom is 0.338 e. The molecule has 0 radical (unpaired) electrons. The van der Waals surface area contributed by atoms with Crippen molar-refractivity contribution in [3.05, 3.63) is 0 Å². The van der Waals surface area contributed by atoms with Gasteiger partial charge in [0.1, 0.15) is 30.5 Å². The Morgan fingerprint density at radius 3 is 1.60 bits per heavy atom. The zero-order chi connectivity index (χ0) is 19.9. The number of aliphatic carboxylic acids is 1.